The van der Waals surface area contributed by atoms with Crippen LogP contribution in [0.3, 0.4) is 0 Å². The molecule has 1 atom stereocenters. The van der Waals surface area contributed by atoms with Gasteiger partial charge in [0.2, 0.25) is 0 Å². The van der Waals surface area contributed by atoms with E-state index in [1.54, 1.807) is 7.11 Å². The van der Waals surface area contributed by atoms with Gasteiger partial charge in [0.05, 0.1) is 7.11 Å². The van der Waals surface area contributed by atoms with Crippen LogP contribution in [-0.2, 0) is 0 Å². The highest BCUT2D eigenvalue weighted by Gasteiger charge is 2.35. The lowest BCUT2D eigenvalue weighted by Gasteiger charge is -2.30. The van der Waals surface area contributed by atoms with E-state index in [0.717, 1.165) is 17.1 Å². The molecular weight excluding hydrogens is 336 g/mol. The predicted molar refractivity (Wildman–Crippen MR) is 108 cm³/mol. The molecule has 0 aliphatic heterocycles. The Morgan fingerprint density at radius 2 is 1.78 bits per heavy atom. The number of rotatable bonds is 6. The van der Waals surface area contributed by atoms with Crippen LogP contribution in [-0.4, -0.2) is 23.6 Å². The standard InChI is InChI=1S/C23H24N2O2/c1-17(18-8-9-18)25(20-10-12-22(27-2)13-11-20)23(26)19-6-5-7-21(16-19)24-14-3-4-15-24/h3-7,10-18H,8-9H2,1-2H3. The van der Waals surface area contributed by atoms with Crippen LogP contribution >= 0.6 is 0 Å². The van der Waals surface area contributed by atoms with Gasteiger partial charge in [-0.05, 0) is 80.3 Å². The van der Waals surface area contributed by atoms with Crippen molar-refractivity contribution in [2.24, 2.45) is 5.92 Å². The van der Waals surface area contributed by atoms with Crippen molar-refractivity contribution in [2.75, 3.05) is 12.0 Å². The van der Waals surface area contributed by atoms with E-state index in [-0.39, 0.29) is 11.9 Å². The Bertz CT molecular complexity index is 912. The Morgan fingerprint density at radius 1 is 1.07 bits per heavy atom. The van der Waals surface area contributed by atoms with Gasteiger partial charge in [0.15, 0.2) is 0 Å². The second-order valence-electron chi connectivity index (χ2n) is 7.09. The van der Waals surface area contributed by atoms with Gasteiger partial charge in [0.25, 0.3) is 5.91 Å². The molecule has 1 unspecified atom stereocenters. The highest BCUT2D eigenvalue weighted by atomic mass is 16.5. The summed E-state index contributed by atoms with van der Waals surface area (Å²) in [7, 11) is 1.65. The highest BCUT2D eigenvalue weighted by Crippen LogP contribution is 2.38. The fourth-order valence-electron chi connectivity index (χ4n) is 3.51. The Kier molecular flexibility index (Phi) is 4.71. The molecule has 138 valence electrons. The van der Waals surface area contributed by atoms with E-state index >= 15 is 0 Å². The third-order valence-corrected chi connectivity index (χ3v) is 5.28. The third-order valence-electron chi connectivity index (χ3n) is 5.28. The SMILES string of the molecule is COc1ccc(N(C(=O)c2cccc(-n3cccc3)c2)C(C)C2CC2)cc1. The van der Waals surface area contributed by atoms with Gasteiger partial charge in [0.1, 0.15) is 5.75 Å². The van der Waals surface area contributed by atoms with Crippen LogP contribution < -0.4 is 9.64 Å². The average molecular weight is 360 g/mol. The van der Waals surface area contributed by atoms with E-state index in [1.165, 1.54) is 12.8 Å². The molecule has 1 aromatic heterocycles. The van der Waals surface area contributed by atoms with Gasteiger partial charge in [-0.15, -0.1) is 0 Å². The molecule has 1 fully saturated rings. The summed E-state index contributed by atoms with van der Waals surface area (Å²) in [5.74, 6) is 1.40. The minimum atomic E-state index is 0.0357. The van der Waals surface area contributed by atoms with E-state index in [2.05, 4.69) is 6.92 Å². The molecule has 1 aliphatic carbocycles. The number of aromatic nitrogens is 1. The van der Waals surface area contributed by atoms with Gasteiger partial charge in [-0.3, -0.25) is 4.79 Å². The molecule has 3 aromatic rings. The highest BCUT2D eigenvalue weighted by molar-refractivity contribution is 6.06. The number of nitrogens with zero attached hydrogens (tertiary/aromatic N) is 2. The van der Waals surface area contributed by atoms with Crippen molar-refractivity contribution in [3.8, 4) is 11.4 Å². The molecule has 0 saturated heterocycles. The van der Waals surface area contributed by atoms with E-state index in [9.17, 15) is 4.79 Å². The maximum atomic E-state index is 13.5. The lowest BCUT2D eigenvalue weighted by Crippen LogP contribution is -2.40. The van der Waals surface area contributed by atoms with E-state index in [4.69, 9.17) is 4.74 Å². The molecule has 0 bridgehead atoms. The topological polar surface area (TPSA) is 34.5 Å². The lowest BCUT2D eigenvalue weighted by atomic mass is 10.1. The van der Waals surface area contributed by atoms with Crippen LogP contribution in [0.15, 0.2) is 73.1 Å². The molecule has 4 nitrogen and oxygen atoms in total. The van der Waals surface area contributed by atoms with Crippen molar-refractivity contribution >= 4 is 11.6 Å². The van der Waals surface area contributed by atoms with E-state index < -0.39 is 0 Å². The molecule has 2 aromatic carbocycles. The summed E-state index contributed by atoms with van der Waals surface area (Å²) in [5, 5.41) is 0. The lowest BCUT2D eigenvalue weighted by molar-refractivity contribution is 0.0975. The van der Waals surface area contributed by atoms with Gasteiger partial charge in [0, 0.05) is 35.4 Å². The molecule has 1 saturated carbocycles. The normalized spacial score (nSPS) is 14.6. The van der Waals surface area contributed by atoms with Crippen LogP contribution in [0, 0.1) is 5.92 Å². The summed E-state index contributed by atoms with van der Waals surface area (Å²) < 4.78 is 7.28. The maximum absolute atomic E-state index is 13.5. The van der Waals surface area contributed by atoms with Crippen LogP contribution in [0.5, 0.6) is 5.75 Å². The van der Waals surface area contributed by atoms with Crippen LogP contribution in [0.4, 0.5) is 5.69 Å². The molecule has 4 rings (SSSR count). The number of benzene rings is 2. The molecule has 1 aliphatic rings. The summed E-state index contributed by atoms with van der Waals surface area (Å²) in [5.41, 5.74) is 2.59. The van der Waals surface area contributed by atoms with Crippen molar-refractivity contribution in [3.63, 3.8) is 0 Å². The first-order chi connectivity index (χ1) is 13.2. The number of hydrogen-bond acceptors (Lipinski definition) is 2. The number of hydrogen-bond donors (Lipinski definition) is 0. The summed E-state index contributed by atoms with van der Waals surface area (Å²) in [4.78, 5) is 15.4. The monoisotopic (exact) mass is 360 g/mol. The van der Waals surface area contributed by atoms with Gasteiger partial charge in [-0.2, -0.15) is 0 Å². The first-order valence-electron chi connectivity index (χ1n) is 9.38. The predicted octanol–water partition coefficient (Wildman–Crippen LogP) is 4.93. The van der Waals surface area contributed by atoms with Crippen molar-refractivity contribution in [1.29, 1.82) is 0 Å². The minimum Gasteiger partial charge on any atom is -0.497 e. The molecular formula is C23H24N2O2. The Labute approximate surface area is 160 Å². The summed E-state index contributed by atoms with van der Waals surface area (Å²) >= 11 is 0. The zero-order valence-electron chi connectivity index (χ0n) is 15.7. The summed E-state index contributed by atoms with van der Waals surface area (Å²) in [6.07, 6.45) is 6.34. The van der Waals surface area contributed by atoms with E-state index in [1.807, 2.05) is 82.5 Å². The number of carbonyl (C=O) groups is 1. The molecule has 27 heavy (non-hydrogen) atoms. The van der Waals surface area contributed by atoms with Crippen molar-refractivity contribution < 1.29 is 9.53 Å². The summed E-state index contributed by atoms with van der Waals surface area (Å²) in [6.45, 7) is 2.15. The largest absolute Gasteiger partial charge is 0.497 e. The van der Waals surface area contributed by atoms with Gasteiger partial charge in [-0.1, -0.05) is 6.07 Å². The maximum Gasteiger partial charge on any atom is 0.258 e. The number of methoxy groups -OCH3 is 1. The quantitative estimate of drug-likeness (QED) is 0.624. The first kappa shape index (κ1) is 17.4. The van der Waals surface area contributed by atoms with Crippen molar-refractivity contribution in [3.05, 3.63) is 78.6 Å². The molecule has 0 N–H and O–H groups in total. The van der Waals surface area contributed by atoms with Crippen LogP contribution in [0.2, 0.25) is 0 Å². The average Bonchev–Trinajstić information content (AvgIpc) is 3.42. The van der Waals surface area contributed by atoms with Gasteiger partial charge >= 0.3 is 0 Å². The summed E-state index contributed by atoms with van der Waals surface area (Å²) in [6, 6.07) is 19.7. The number of ether oxygens (including phenoxy) is 1. The second kappa shape index (κ2) is 7.31. The van der Waals surface area contributed by atoms with Crippen molar-refractivity contribution in [1.82, 2.24) is 4.57 Å². The molecule has 4 heteroatoms. The van der Waals surface area contributed by atoms with Crippen molar-refractivity contribution in [2.45, 2.75) is 25.8 Å². The zero-order chi connectivity index (χ0) is 18.8. The Morgan fingerprint density at radius 3 is 2.41 bits per heavy atom. The van der Waals surface area contributed by atoms with Crippen LogP contribution in [0.25, 0.3) is 5.69 Å². The van der Waals surface area contributed by atoms with Gasteiger partial charge < -0.3 is 14.2 Å². The third kappa shape index (κ3) is 3.61. The number of anilines is 1. The minimum absolute atomic E-state index is 0.0357. The number of amides is 1. The van der Waals surface area contributed by atoms with E-state index in [0.29, 0.717) is 11.5 Å². The molecule has 0 radical (unpaired) electrons. The Balaban J connectivity index is 1.69. The van der Waals surface area contributed by atoms with Crippen LogP contribution in [0.1, 0.15) is 30.1 Å². The molecule has 1 amide bonds. The first-order valence-corrected chi connectivity index (χ1v) is 9.38. The Hall–Kier alpha value is -3.01. The smallest absolute Gasteiger partial charge is 0.258 e. The number of carbonyl (C=O) groups excluding carboxylic acids is 1. The van der Waals surface area contributed by atoms with Gasteiger partial charge in [-0.25, -0.2) is 0 Å². The fraction of sp³-hybridized carbons (Fsp3) is 0.261. The second-order valence-corrected chi connectivity index (χ2v) is 7.09. The zero-order valence-corrected chi connectivity index (χ0v) is 15.7. The fourth-order valence-corrected chi connectivity index (χ4v) is 3.51. The molecule has 1 heterocycles. The molecule has 0 spiro atoms.